The lowest BCUT2D eigenvalue weighted by molar-refractivity contribution is 1.30. The molecule has 0 saturated heterocycles. The largest absolute Gasteiger partial charge is 0.382 e. The maximum absolute atomic E-state index is 6.61. The second-order valence-electron chi connectivity index (χ2n) is 1.61. The number of amidine groups is 1. The lowest BCUT2D eigenvalue weighted by Crippen LogP contribution is -2.13. The molecule has 0 aliphatic rings. The zero-order valence-corrected chi connectivity index (χ0v) is 5.20. The lowest BCUT2D eigenvalue weighted by atomic mass is 10.4. The standard InChI is InChI=1S/C5H7N5/c6-2-9-5(7)4-1-8-3-10-4/h1-3H,(H,8,10)(H3,6,7,9). The Morgan fingerprint density at radius 3 is 3.20 bits per heavy atom. The highest BCUT2D eigenvalue weighted by Crippen LogP contribution is 1.87. The zero-order chi connectivity index (χ0) is 7.40. The molecule has 1 rings (SSSR count). The fourth-order valence-electron chi connectivity index (χ4n) is 0.535. The summed E-state index contributed by atoms with van der Waals surface area (Å²) < 4.78 is 0. The van der Waals surface area contributed by atoms with Gasteiger partial charge in [-0.25, -0.2) is 9.98 Å². The minimum Gasteiger partial charge on any atom is -0.382 e. The summed E-state index contributed by atoms with van der Waals surface area (Å²) in [4.78, 5) is 10.0. The van der Waals surface area contributed by atoms with Crippen molar-refractivity contribution in [2.75, 3.05) is 0 Å². The normalized spacial score (nSPS) is 11.4. The van der Waals surface area contributed by atoms with Gasteiger partial charge in [-0.05, 0) is 0 Å². The molecule has 4 N–H and O–H groups in total. The number of H-pyrrole nitrogens is 1. The van der Waals surface area contributed by atoms with Crippen molar-refractivity contribution in [3.8, 4) is 0 Å². The Kier molecular flexibility index (Phi) is 1.79. The molecule has 5 nitrogen and oxygen atoms in total. The topological polar surface area (TPSA) is 90.9 Å². The second kappa shape index (κ2) is 2.77. The van der Waals surface area contributed by atoms with E-state index in [1.165, 1.54) is 6.33 Å². The molecule has 1 heterocycles. The Labute approximate surface area is 57.5 Å². The molecule has 10 heavy (non-hydrogen) atoms. The number of aromatic amines is 1. The minimum atomic E-state index is 0.271. The Hall–Kier alpha value is -1.65. The van der Waals surface area contributed by atoms with Crippen molar-refractivity contribution in [3.63, 3.8) is 0 Å². The van der Waals surface area contributed by atoms with Crippen LogP contribution in [0.4, 0.5) is 0 Å². The second-order valence-corrected chi connectivity index (χ2v) is 1.61. The van der Waals surface area contributed by atoms with Crippen LogP contribution in [-0.4, -0.2) is 22.1 Å². The molecule has 1 aromatic rings. The summed E-state index contributed by atoms with van der Waals surface area (Å²) in [6.07, 6.45) is 3.93. The first-order chi connectivity index (χ1) is 4.84. The molecule has 0 atom stereocenters. The fourth-order valence-corrected chi connectivity index (χ4v) is 0.535. The highest BCUT2D eigenvalue weighted by Gasteiger charge is 1.95. The van der Waals surface area contributed by atoms with Gasteiger partial charge in [-0.15, -0.1) is 0 Å². The van der Waals surface area contributed by atoms with E-state index in [0.29, 0.717) is 5.69 Å². The Balaban J connectivity index is 2.86. The van der Waals surface area contributed by atoms with E-state index in [4.69, 9.17) is 11.1 Å². The predicted octanol–water partition coefficient (Wildman–Crippen LogP) is -0.278. The maximum atomic E-state index is 6.61. The molecule has 1 aromatic heterocycles. The van der Waals surface area contributed by atoms with Crippen LogP contribution in [0.2, 0.25) is 0 Å². The van der Waals surface area contributed by atoms with E-state index in [9.17, 15) is 0 Å². The van der Waals surface area contributed by atoms with Crippen LogP contribution < -0.4 is 5.73 Å². The van der Waals surface area contributed by atoms with E-state index in [-0.39, 0.29) is 5.84 Å². The number of imidazole rings is 1. The van der Waals surface area contributed by atoms with Crippen molar-refractivity contribution in [2.24, 2.45) is 10.7 Å². The Morgan fingerprint density at radius 1 is 1.90 bits per heavy atom. The molecule has 0 radical (unpaired) electrons. The molecule has 0 fully saturated rings. The van der Waals surface area contributed by atoms with Gasteiger partial charge < -0.3 is 10.7 Å². The summed E-state index contributed by atoms with van der Waals surface area (Å²) in [6, 6.07) is 0. The monoisotopic (exact) mass is 137 g/mol. The van der Waals surface area contributed by atoms with Crippen LogP contribution in [0.3, 0.4) is 0 Å². The van der Waals surface area contributed by atoms with Gasteiger partial charge in [0.05, 0.1) is 12.5 Å². The van der Waals surface area contributed by atoms with E-state index in [1.54, 1.807) is 6.20 Å². The molecular weight excluding hydrogens is 130 g/mol. The van der Waals surface area contributed by atoms with Gasteiger partial charge in [0.2, 0.25) is 0 Å². The number of nitrogens with two attached hydrogens (primary N) is 1. The summed E-state index contributed by atoms with van der Waals surface area (Å²) in [6.45, 7) is 0. The predicted molar refractivity (Wildman–Crippen MR) is 38.1 cm³/mol. The quantitative estimate of drug-likeness (QED) is 0.386. The molecular formula is C5H7N5. The number of nitrogens with zero attached hydrogens (tertiary/aromatic N) is 2. The molecule has 0 saturated carbocycles. The van der Waals surface area contributed by atoms with Crippen molar-refractivity contribution < 1.29 is 0 Å². The Bertz CT molecular complexity index is 235. The molecule has 52 valence electrons. The van der Waals surface area contributed by atoms with Crippen LogP contribution in [0, 0.1) is 5.41 Å². The van der Waals surface area contributed by atoms with Crippen molar-refractivity contribution in [1.82, 2.24) is 9.97 Å². The lowest BCUT2D eigenvalue weighted by Gasteiger charge is -1.89. The van der Waals surface area contributed by atoms with Gasteiger partial charge >= 0.3 is 0 Å². The van der Waals surface area contributed by atoms with Crippen molar-refractivity contribution in [1.29, 1.82) is 5.41 Å². The van der Waals surface area contributed by atoms with E-state index >= 15 is 0 Å². The summed E-state index contributed by atoms with van der Waals surface area (Å²) in [5, 5.41) is 6.61. The average Bonchev–Trinajstić information content (AvgIpc) is 2.38. The van der Waals surface area contributed by atoms with Crippen LogP contribution in [0.1, 0.15) is 5.69 Å². The summed E-state index contributed by atoms with van der Waals surface area (Å²) in [7, 11) is 0. The number of rotatable bonds is 2. The van der Waals surface area contributed by atoms with E-state index < -0.39 is 0 Å². The van der Waals surface area contributed by atoms with Gasteiger partial charge in [0.25, 0.3) is 0 Å². The van der Waals surface area contributed by atoms with Crippen LogP contribution in [0.15, 0.2) is 17.5 Å². The van der Waals surface area contributed by atoms with Crippen molar-refractivity contribution in [2.45, 2.75) is 0 Å². The van der Waals surface area contributed by atoms with E-state index in [0.717, 1.165) is 6.34 Å². The van der Waals surface area contributed by atoms with Crippen LogP contribution >= 0.6 is 0 Å². The summed E-state index contributed by atoms with van der Waals surface area (Å²) >= 11 is 0. The van der Waals surface area contributed by atoms with Gasteiger partial charge in [0, 0.05) is 0 Å². The molecule has 0 amide bonds. The number of hydrogen-bond donors (Lipinski definition) is 3. The molecule has 0 unspecified atom stereocenters. The summed E-state index contributed by atoms with van der Waals surface area (Å²) in [5.74, 6) is 0.271. The molecule has 0 aliphatic carbocycles. The minimum absolute atomic E-state index is 0.271. The van der Waals surface area contributed by atoms with Gasteiger partial charge in [0.15, 0.2) is 5.84 Å². The van der Waals surface area contributed by atoms with Gasteiger partial charge in [-0.2, -0.15) is 0 Å². The van der Waals surface area contributed by atoms with Crippen molar-refractivity contribution >= 4 is 12.2 Å². The Morgan fingerprint density at radius 2 is 2.70 bits per heavy atom. The first kappa shape index (κ1) is 6.47. The number of hydrogen-bond acceptors (Lipinski definition) is 2. The maximum Gasteiger partial charge on any atom is 0.150 e. The number of aromatic nitrogens is 2. The number of nitrogens with one attached hydrogen (secondary N) is 2. The smallest absolute Gasteiger partial charge is 0.150 e. The van der Waals surface area contributed by atoms with Crippen LogP contribution in [0.5, 0.6) is 0 Å². The molecule has 0 aromatic carbocycles. The molecule has 0 bridgehead atoms. The highest BCUT2D eigenvalue weighted by molar-refractivity contribution is 5.99. The third kappa shape index (κ3) is 1.19. The SMILES string of the molecule is N=CN=C(N)c1cnc[nH]1. The van der Waals surface area contributed by atoms with Gasteiger partial charge in [-0.3, -0.25) is 5.41 Å². The first-order valence-electron chi connectivity index (χ1n) is 2.65. The molecule has 5 heteroatoms. The zero-order valence-electron chi connectivity index (χ0n) is 5.20. The van der Waals surface area contributed by atoms with Gasteiger partial charge in [0.1, 0.15) is 12.0 Å². The van der Waals surface area contributed by atoms with Crippen LogP contribution in [-0.2, 0) is 0 Å². The van der Waals surface area contributed by atoms with E-state index in [1.807, 2.05) is 0 Å². The first-order valence-corrected chi connectivity index (χ1v) is 2.65. The third-order valence-corrected chi connectivity index (χ3v) is 0.978. The van der Waals surface area contributed by atoms with Gasteiger partial charge in [-0.1, -0.05) is 0 Å². The third-order valence-electron chi connectivity index (χ3n) is 0.978. The fraction of sp³-hybridized carbons (Fsp3) is 0. The average molecular weight is 137 g/mol. The van der Waals surface area contributed by atoms with Crippen molar-refractivity contribution in [3.05, 3.63) is 18.2 Å². The molecule has 0 aliphatic heterocycles. The van der Waals surface area contributed by atoms with E-state index in [2.05, 4.69) is 15.0 Å². The molecule has 0 spiro atoms. The number of aliphatic imine (C=N–C) groups is 1. The summed E-state index contributed by atoms with van der Waals surface area (Å²) in [5.41, 5.74) is 6.01. The highest BCUT2D eigenvalue weighted by atomic mass is 14.9. The van der Waals surface area contributed by atoms with Crippen LogP contribution in [0.25, 0.3) is 0 Å².